The summed E-state index contributed by atoms with van der Waals surface area (Å²) in [4.78, 5) is 24.8. The molecule has 1 amide bonds. The van der Waals surface area contributed by atoms with E-state index in [2.05, 4.69) is 6.92 Å². The van der Waals surface area contributed by atoms with Gasteiger partial charge in [-0.15, -0.1) is 0 Å². The highest BCUT2D eigenvalue weighted by atomic mass is 16.4. The Bertz CT molecular complexity index is 700. The van der Waals surface area contributed by atoms with Crippen molar-refractivity contribution in [3.63, 3.8) is 0 Å². The van der Waals surface area contributed by atoms with Gasteiger partial charge in [-0.1, -0.05) is 31.2 Å². The number of benzene rings is 1. The number of hydrogen-bond acceptors (Lipinski definition) is 3. The summed E-state index contributed by atoms with van der Waals surface area (Å²) < 4.78 is 5.40. The quantitative estimate of drug-likeness (QED) is 0.889. The van der Waals surface area contributed by atoms with Crippen LogP contribution in [-0.2, 0) is 24.2 Å². The van der Waals surface area contributed by atoms with Gasteiger partial charge in [0.05, 0.1) is 13.0 Å². The molecule has 1 aromatic carbocycles. The minimum atomic E-state index is -1.03. The number of rotatable bonds is 6. The topological polar surface area (TPSA) is 70.8 Å². The van der Waals surface area contributed by atoms with Crippen molar-refractivity contribution in [3.05, 3.63) is 58.5 Å². The van der Waals surface area contributed by atoms with E-state index in [0.717, 1.165) is 12.0 Å². The van der Waals surface area contributed by atoms with Crippen molar-refractivity contribution in [1.82, 2.24) is 4.90 Å². The molecule has 2 aromatic rings. The summed E-state index contributed by atoms with van der Waals surface area (Å²) in [5.41, 5.74) is 2.33. The number of hydrogen-bond donors (Lipinski definition) is 1. The van der Waals surface area contributed by atoms with Crippen molar-refractivity contribution in [1.29, 1.82) is 0 Å². The van der Waals surface area contributed by atoms with Crippen LogP contribution in [0.5, 0.6) is 0 Å². The molecule has 0 aliphatic heterocycles. The van der Waals surface area contributed by atoms with E-state index < -0.39 is 5.97 Å². The van der Waals surface area contributed by atoms with E-state index >= 15 is 0 Å². The smallest absolute Gasteiger partial charge is 0.339 e. The number of nitrogens with zero attached hydrogens (tertiary/aromatic N) is 1. The third kappa shape index (κ3) is 4.22. The van der Waals surface area contributed by atoms with Crippen LogP contribution in [0.3, 0.4) is 0 Å². The average molecular weight is 315 g/mol. The molecular weight excluding hydrogens is 294 g/mol. The number of furan rings is 1. The van der Waals surface area contributed by atoms with Crippen molar-refractivity contribution < 1.29 is 19.1 Å². The Morgan fingerprint density at radius 3 is 2.30 bits per heavy atom. The third-order valence-electron chi connectivity index (χ3n) is 3.80. The molecule has 23 heavy (non-hydrogen) atoms. The van der Waals surface area contributed by atoms with Gasteiger partial charge in [0.2, 0.25) is 5.91 Å². The zero-order valence-corrected chi connectivity index (χ0v) is 13.6. The molecule has 0 unspecified atom stereocenters. The molecule has 122 valence electrons. The van der Waals surface area contributed by atoms with E-state index in [1.807, 2.05) is 24.3 Å². The van der Waals surface area contributed by atoms with Crippen LogP contribution in [0.15, 0.2) is 34.7 Å². The summed E-state index contributed by atoms with van der Waals surface area (Å²) in [7, 11) is 1.68. The lowest BCUT2D eigenvalue weighted by Crippen LogP contribution is -2.27. The summed E-state index contributed by atoms with van der Waals surface area (Å²) in [5, 5.41) is 9.02. The molecule has 5 nitrogen and oxygen atoms in total. The van der Waals surface area contributed by atoms with Gasteiger partial charge in [0.25, 0.3) is 0 Å². The van der Waals surface area contributed by atoms with E-state index in [-0.39, 0.29) is 18.0 Å². The second-order valence-corrected chi connectivity index (χ2v) is 5.58. The van der Waals surface area contributed by atoms with E-state index in [4.69, 9.17) is 9.52 Å². The molecule has 0 saturated heterocycles. The molecule has 0 spiro atoms. The minimum Gasteiger partial charge on any atom is -0.478 e. The van der Waals surface area contributed by atoms with E-state index in [9.17, 15) is 9.59 Å². The molecular formula is C18H21NO4. The van der Waals surface area contributed by atoms with Crippen LogP contribution in [0.2, 0.25) is 0 Å². The number of amides is 1. The number of carboxylic acids is 1. The van der Waals surface area contributed by atoms with Crippen LogP contribution in [0.1, 0.15) is 39.9 Å². The second-order valence-electron chi connectivity index (χ2n) is 5.58. The van der Waals surface area contributed by atoms with Crippen LogP contribution < -0.4 is 0 Å². The van der Waals surface area contributed by atoms with E-state index in [0.29, 0.717) is 17.9 Å². The average Bonchev–Trinajstić information content (AvgIpc) is 2.88. The fourth-order valence-corrected chi connectivity index (χ4v) is 2.36. The third-order valence-corrected chi connectivity index (χ3v) is 3.80. The van der Waals surface area contributed by atoms with Gasteiger partial charge in [-0.3, -0.25) is 4.79 Å². The Balaban J connectivity index is 1.99. The number of likely N-dealkylation sites (N-methyl/N-ethyl adjacent to an activating group) is 1. The maximum Gasteiger partial charge on any atom is 0.339 e. The second kappa shape index (κ2) is 7.13. The summed E-state index contributed by atoms with van der Waals surface area (Å²) in [6.45, 7) is 3.94. The molecule has 5 heteroatoms. The minimum absolute atomic E-state index is 0.0415. The van der Waals surface area contributed by atoms with Crippen molar-refractivity contribution in [2.45, 2.75) is 33.2 Å². The Morgan fingerprint density at radius 2 is 1.78 bits per heavy atom. The maximum atomic E-state index is 12.3. The molecule has 0 saturated carbocycles. The zero-order valence-electron chi connectivity index (χ0n) is 13.6. The highest BCUT2D eigenvalue weighted by Gasteiger charge is 2.17. The van der Waals surface area contributed by atoms with Crippen molar-refractivity contribution in [2.24, 2.45) is 0 Å². The molecule has 0 radical (unpaired) electrons. The Kier molecular flexibility index (Phi) is 5.21. The molecule has 0 aliphatic carbocycles. The molecule has 0 aliphatic rings. The first kappa shape index (κ1) is 16.8. The number of carbonyl (C=O) groups is 2. The Morgan fingerprint density at radius 1 is 1.17 bits per heavy atom. The monoisotopic (exact) mass is 315 g/mol. The van der Waals surface area contributed by atoms with Gasteiger partial charge in [-0.05, 0) is 30.5 Å². The fourth-order valence-electron chi connectivity index (χ4n) is 2.36. The van der Waals surface area contributed by atoms with E-state index in [1.165, 1.54) is 16.5 Å². The van der Waals surface area contributed by atoms with Crippen LogP contribution in [-0.4, -0.2) is 28.9 Å². The van der Waals surface area contributed by atoms with Crippen molar-refractivity contribution in [2.75, 3.05) is 7.05 Å². The number of aromatic carboxylic acids is 1. The molecule has 1 N–H and O–H groups in total. The summed E-state index contributed by atoms with van der Waals surface area (Å²) in [6, 6.07) is 9.45. The summed E-state index contributed by atoms with van der Waals surface area (Å²) >= 11 is 0. The first-order valence-electron chi connectivity index (χ1n) is 7.55. The molecule has 0 atom stereocenters. The van der Waals surface area contributed by atoms with Crippen LogP contribution in [0.25, 0.3) is 0 Å². The Labute approximate surface area is 135 Å². The highest BCUT2D eigenvalue weighted by Crippen LogP contribution is 2.16. The number of carbonyl (C=O) groups excluding carboxylic acids is 1. The van der Waals surface area contributed by atoms with Gasteiger partial charge >= 0.3 is 5.97 Å². The normalized spacial score (nSPS) is 10.6. The SMILES string of the molecule is CCc1ccc(CC(=O)N(C)Cc2cc(C(=O)O)c(C)o2)cc1. The molecule has 1 heterocycles. The van der Waals surface area contributed by atoms with Gasteiger partial charge in [-0.25, -0.2) is 4.79 Å². The zero-order chi connectivity index (χ0) is 17.0. The van der Waals surface area contributed by atoms with Crippen LogP contribution in [0, 0.1) is 6.92 Å². The predicted molar refractivity (Wildman–Crippen MR) is 86.4 cm³/mol. The maximum absolute atomic E-state index is 12.3. The number of carboxylic acid groups (broad SMARTS) is 1. The van der Waals surface area contributed by atoms with Gasteiger partial charge in [0.15, 0.2) is 0 Å². The Hall–Kier alpha value is -2.56. The standard InChI is InChI=1S/C18H21NO4/c1-4-13-5-7-14(8-6-13)9-17(20)19(3)11-15-10-16(18(21)22)12(2)23-15/h5-8,10H,4,9,11H2,1-3H3,(H,21,22). The molecule has 2 rings (SSSR count). The van der Waals surface area contributed by atoms with E-state index in [1.54, 1.807) is 14.0 Å². The highest BCUT2D eigenvalue weighted by molar-refractivity contribution is 5.88. The molecule has 0 fully saturated rings. The first-order chi connectivity index (χ1) is 10.9. The first-order valence-corrected chi connectivity index (χ1v) is 7.55. The van der Waals surface area contributed by atoms with Crippen LogP contribution >= 0.6 is 0 Å². The van der Waals surface area contributed by atoms with Gasteiger partial charge in [0.1, 0.15) is 17.1 Å². The van der Waals surface area contributed by atoms with Crippen molar-refractivity contribution >= 4 is 11.9 Å². The predicted octanol–water partition coefficient (Wildman–Crippen LogP) is 3.05. The van der Waals surface area contributed by atoms with Crippen molar-refractivity contribution in [3.8, 4) is 0 Å². The van der Waals surface area contributed by atoms with Gasteiger partial charge in [-0.2, -0.15) is 0 Å². The molecule has 0 bridgehead atoms. The fraction of sp³-hybridized carbons (Fsp3) is 0.333. The van der Waals surface area contributed by atoms with Gasteiger partial charge in [0, 0.05) is 7.05 Å². The number of aryl methyl sites for hydroxylation is 2. The lowest BCUT2D eigenvalue weighted by molar-refractivity contribution is -0.129. The summed E-state index contributed by atoms with van der Waals surface area (Å²) in [6.07, 6.45) is 1.28. The molecule has 1 aromatic heterocycles. The lowest BCUT2D eigenvalue weighted by Gasteiger charge is -2.15. The van der Waals surface area contributed by atoms with Crippen LogP contribution in [0.4, 0.5) is 0 Å². The lowest BCUT2D eigenvalue weighted by atomic mass is 10.1. The summed E-state index contributed by atoms with van der Waals surface area (Å²) in [5.74, 6) is -0.247. The largest absolute Gasteiger partial charge is 0.478 e. The van der Waals surface area contributed by atoms with Gasteiger partial charge < -0.3 is 14.4 Å².